The highest BCUT2D eigenvalue weighted by atomic mass is 16.5. The number of ether oxygens (including phenoxy) is 1. The lowest BCUT2D eigenvalue weighted by Gasteiger charge is -2.13. The lowest BCUT2D eigenvalue weighted by molar-refractivity contribution is 0.210. The molecule has 1 aromatic rings. The fourth-order valence-electron chi connectivity index (χ4n) is 1.25. The van der Waals surface area contributed by atoms with E-state index in [9.17, 15) is 0 Å². The molecule has 0 unspecified atom stereocenters. The summed E-state index contributed by atoms with van der Waals surface area (Å²) in [6.45, 7) is 7.35. The van der Waals surface area contributed by atoms with Gasteiger partial charge in [0.25, 0.3) is 0 Å². The van der Waals surface area contributed by atoms with Crippen molar-refractivity contribution in [3.05, 3.63) is 11.4 Å². The van der Waals surface area contributed by atoms with Crippen molar-refractivity contribution in [1.29, 1.82) is 0 Å². The number of aromatic nitrogens is 2. The molecule has 0 aliphatic heterocycles. The molecule has 0 bridgehead atoms. The average Bonchev–Trinajstić information content (AvgIpc) is 2.24. The number of anilines is 2. The zero-order valence-electron chi connectivity index (χ0n) is 10.4. The SMILES string of the molecule is COCCNc1nc(C(C)C)nc(N)c1C. The molecule has 3 N–H and O–H groups in total. The summed E-state index contributed by atoms with van der Waals surface area (Å²) in [5.41, 5.74) is 6.73. The third-order valence-corrected chi connectivity index (χ3v) is 2.32. The molecule has 0 aromatic carbocycles. The smallest absolute Gasteiger partial charge is 0.135 e. The molecule has 5 heteroatoms. The first-order chi connectivity index (χ1) is 7.56. The predicted molar refractivity (Wildman–Crippen MR) is 65.6 cm³/mol. The molecule has 0 aliphatic rings. The molecule has 16 heavy (non-hydrogen) atoms. The van der Waals surface area contributed by atoms with Gasteiger partial charge in [0, 0.05) is 25.1 Å². The number of methoxy groups -OCH3 is 1. The van der Waals surface area contributed by atoms with Crippen molar-refractivity contribution in [2.75, 3.05) is 31.3 Å². The highest BCUT2D eigenvalue weighted by Gasteiger charge is 2.10. The minimum atomic E-state index is 0.269. The monoisotopic (exact) mass is 224 g/mol. The van der Waals surface area contributed by atoms with Crippen molar-refractivity contribution in [3.63, 3.8) is 0 Å². The van der Waals surface area contributed by atoms with Crippen LogP contribution in [0.5, 0.6) is 0 Å². The maximum absolute atomic E-state index is 5.84. The summed E-state index contributed by atoms with van der Waals surface area (Å²) < 4.78 is 4.97. The van der Waals surface area contributed by atoms with E-state index in [4.69, 9.17) is 10.5 Å². The van der Waals surface area contributed by atoms with Gasteiger partial charge in [0.05, 0.1) is 6.61 Å². The molecule has 90 valence electrons. The summed E-state index contributed by atoms with van der Waals surface area (Å²) in [7, 11) is 1.67. The first-order valence-electron chi connectivity index (χ1n) is 5.43. The Morgan fingerprint density at radius 3 is 2.62 bits per heavy atom. The standard InChI is InChI=1S/C11H20N4O/c1-7(2)10-14-9(12)8(3)11(15-10)13-5-6-16-4/h7H,5-6H2,1-4H3,(H3,12,13,14,15). The van der Waals surface area contributed by atoms with Crippen LogP contribution in [0.25, 0.3) is 0 Å². The Balaban J connectivity index is 2.88. The highest BCUT2D eigenvalue weighted by molar-refractivity contribution is 5.54. The molecule has 0 aliphatic carbocycles. The maximum atomic E-state index is 5.84. The Morgan fingerprint density at radius 2 is 2.06 bits per heavy atom. The molecule has 0 fully saturated rings. The second-order valence-corrected chi connectivity index (χ2v) is 4.01. The van der Waals surface area contributed by atoms with Crippen LogP contribution in [0.4, 0.5) is 11.6 Å². The van der Waals surface area contributed by atoms with Gasteiger partial charge in [-0.05, 0) is 6.92 Å². The van der Waals surface area contributed by atoms with Crippen LogP contribution in [0.2, 0.25) is 0 Å². The van der Waals surface area contributed by atoms with E-state index >= 15 is 0 Å². The number of hydrogen-bond donors (Lipinski definition) is 2. The van der Waals surface area contributed by atoms with Crippen LogP contribution < -0.4 is 11.1 Å². The minimum Gasteiger partial charge on any atom is -0.383 e. The van der Waals surface area contributed by atoms with Gasteiger partial charge in [0.1, 0.15) is 17.5 Å². The molecule has 0 saturated carbocycles. The van der Waals surface area contributed by atoms with Gasteiger partial charge < -0.3 is 15.8 Å². The van der Waals surface area contributed by atoms with E-state index < -0.39 is 0 Å². The fraction of sp³-hybridized carbons (Fsp3) is 0.636. The molecular weight excluding hydrogens is 204 g/mol. The van der Waals surface area contributed by atoms with Crippen LogP contribution in [-0.2, 0) is 4.74 Å². The zero-order chi connectivity index (χ0) is 12.1. The Hall–Kier alpha value is -1.36. The van der Waals surface area contributed by atoms with Gasteiger partial charge in [-0.2, -0.15) is 0 Å². The van der Waals surface area contributed by atoms with Gasteiger partial charge in [0.2, 0.25) is 0 Å². The number of nitrogens with zero attached hydrogens (tertiary/aromatic N) is 2. The van der Waals surface area contributed by atoms with Gasteiger partial charge in [-0.25, -0.2) is 9.97 Å². The van der Waals surface area contributed by atoms with Crippen molar-refractivity contribution in [1.82, 2.24) is 9.97 Å². The third kappa shape index (κ3) is 3.06. The van der Waals surface area contributed by atoms with Gasteiger partial charge in [0.15, 0.2) is 0 Å². The second-order valence-electron chi connectivity index (χ2n) is 4.01. The number of hydrogen-bond acceptors (Lipinski definition) is 5. The molecule has 1 aromatic heterocycles. The normalized spacial score (nSPS) is 10.8. The molecule has 5 nitrogen and oxygen atoms in total. The number of nitrogens with two attached hydrogens (primary N) is 1. The molecule has 0 amide bonds. The minimum absolute atomic E-state index is 0.269. The van der Waals surface area contributed by atoms with Gasteiger partial charge in [-0.3, -0.25) is 0 Å². The zero-order valence-corrected chi connectivity index (χ0v) is 10.4. The predicted octanol–water partition coefficient (Wildman–Crippen LogP) is 1.55. The van der Waals surface area contributed by atoms with Crippen LogP contribution in [0.1, 0.15) is 31.2 Å². The van der Waals surface area contributed by atoms with Crippen molar-refractivity contribution >= 4 is 11.6 Å². The first-order valence-corrected chi connectivity index (χ1v) is 5.43. The van der Waals surface area contributed by atoms with Crippen LogP contribution in [0.3, 0.4) is 0 Å². The lowest BCUT2D eigenvalue weighted by atomic mass is 10.2. The van der Waals surface area contributed by atoms with Crippen molar-refractivity contribution in [2.24, 2.45) is 0 Å². The van der Waals surface area contributed by atoms with Crippen LogP contribution in [0, 0.1) is 6.92 Å². The summed E-state index contributed by atoms with van der Waals surface area (Å²) in [4.78, 5) is 8.70. The Kier molecular flexibility index (Phi) is 4.49. The molecule has 0 spiro atoms. The van der Waals surface area contributed by atoms with Crippen LogP contribution >= 0.6 is 0 Å². The van der Waals surface area contributed by atoms with Gasteiger partial charge in [-0.15, -0.1) is 0 Å². The first kappa shape index (κ1) is 12.7. The van der Waals surface area contributed by atoms with E-state index in [1.807, 2.05) is 20.8 Å². The molecule has 0 radical (unpaired) electrons. The van der Waals surface area contributed by atoms with Crippen molar-refractivity contribution < 1.29 is 4.74 Å². The number of nitrogens with one attached hydrogen (secondary N) is 1. The second kappa shape index (κ2) is 5.65. The quantitative estimate of drug-likeness (QED) is 0.742. The van der Waals surface area contributed by atoms with Crippen LogP contribution in [0.15, 0.2) is 0 Å². The summed E-state index contributed by atoms with van der Waals surface area (Å²) >= 11 is 0. The fourth-order valence-corrected chi connectivity index (χ4v) is 1.25. The summed E-state index contributed by atoms with van der Waals surface area (Å²) in [5.74, 6) is 2.38. The summed E-state index contributed by atoms with van der Waals surface area (Å²) in [5, 5.41) is 3.19. The van der Waals surface area contributed by atoms with E-state index in [-0.39, 0.29) is 5.92 Å². The molecule has 0 saturated heterocycles. The Morgan fingerprint density at radius 1 is 1.38 bits per heavy atom. The lowest BCUT2D eigenvalue weighted by Crippen LogP contribution is -2.13. The molecule has 1 rings (SSSR count). The van der Waals surface area contributed by atoms with Gasteiger partial charge in [-0.1, -0.05) is 13.8 Å². The molecule has 1 heterocycles. The Labute approximate surface area is 96.4 Å². The summed E-state index contributed by atoms with van der Waals surface area (Å²) in [6.07, 6.45) is 0. The van der Waals surface area contributed by atoms with Crippen molar-refractivity contribution in [3.8, 4) is 0 Å². The van der Waals surface area contributed by atoms with Crippen LogP contribution in [-0.4, -0.2) is 30.2 Å². The Bertz CT molecular complexity index is 352. The highest BCUT2D eigenvalue weighted by Crippen LogP contribution is 2.20. The number of rotatable bonds is 5. The third-order valence-electron chi connectivity index (χ3n) is 2.32. The van der Waals surface area contributed by atoms with Gasteiger partial charge >= 0.3 is 0 Å². The largest absolute Gasteiger partial charge is 0.383 e. The molecular formula is C11H20N4O. The van der Waals surface area contributed by atoms with E-state index in [2.05, 4.69) is 15.3 Å². The average molecular weight is 224 g/mol. The van der Waals surface area contributed by atoms with E-state index in [0.29, 0.717) is 19.0 Å². The van der Waals surface area contributed by atoms with Crippen molar-refractivity contribution in [2.45, 2.75) is 26.7 Å². The van der Waals surface area contributed by atoms with E-state index in [0.717, 1.165) is 17.2 Å². The molecule has 0 atom stereocenters. The van der Waals surface area contributed by atoms with E-state index in [1.165, 1.54) is 0 Å². The number of nitrogen functional groups attached to an aromatic ring is 1. The summed E-state index contributed by atoms with van der Waals surface area (Å²) in [6, 6.07) is 0. The van der Waals surface area contributed by atoms with E-state index in [1.54, 1.807) is 7.11 Å². The topological polar surface area (TPSA) is 73.1 Å². The maximum Gasteiger partial charge on any atom is 0.135 e.